The number of likely N-dealkylation sites (tertiary alicyclic amines) is 1. The van der Waals surface area contributed by atoms with Gasteiger partial charge < -0.3 is 4.90 Å². The molecule has 0 saturated carbocycles. The molecule has 6 nitrogen and oxygen atoms in total. The summed E-state index contributed by atoms with van der Waals surface area (Å²) in [6.07, 6.45) is 7.45. The average molecular weight is 297 g/mol. The minimum Gasteiger partial charge on any atom is -0.310 e. The predicted molar refractivity (Wildman–Crippen MR) is 82.1 cm³/mol. The van der Waals surface area contributed by atoms with Crippen LogP contribution in [-0.2, 0) is 18.4 Å². The number of amides is 1. The molecule has 1 amide bonds. The minimum absolute atomic E-state index is 0.122. The van der Waals surface area contributed by atoms with E-state index in [1.807, 2.05) is 41.2 Å². The van der Waals surface area contributed by atoms with Crippen LogP contribution >= 0.6 is 0 Å². The van der Waals surface area contributed by atoms with Gasteiger partial charge in [-0.1, -0.05) is 0 Å². The van der Waals surface area contributed by atoms with E-state index in [2.05, 4.69) is 15.0 Å². The summed E-state index contributed by atoms with van der Waals surface area (Å²) < 4.78 is 1.82. The third-order valence-electron chi connectivity index (χ3n) is 4.64. The number of carbonyl (C=O) groups excluding carboxylic acids is 1. The van der Waals surface area contributed by atoms with Crippen LogP contribution in [0.1, 0.15) is 5.56 Å². The van der Waals surface area contributed by atoms with Crippen molar-refractivity contribution in [2.24, 2.45) is 18.9 Å². The summed E-state index contributed by atoms with van der Waals surface area (Å²) in [4.78, 5) is 21.0. The lowest BCUT2D eigenvalue weighted by Crippen LogP contribution is -2.32. The molecule has 2 atom stereocenters. The lowest BCUT2D eigenvalue weighted by Gasteiger charge is -2.21. The molecule has 0 radical (unpaired) electrons. The minimum atomic E-state index is 0.122. The number of anilines is 1. The highest BCUT2D eigenvalue weighted by molar-refractivity contribution is 5.97. The molecule has 0 bridgehead atoms. The van der Waals surface area contributed by atoms with E-state index in [0.29, 0.717) is 5.92 Å². The van der Waals surface area contributed by atoms with Gasteiger partial charge in [-0.05, 0) is 12.1 Å². The molecule has 4 heterocycles. The molecule has 2 fully saturated rings. The van der Waals surface area contributed by atoms with Crippen molar-refractivity contribution in [3.8, 4) is 0 Å². The molecular formula is C16H19N5O. The van der Waals surface area contributed by atoms with Crippen LogP contribution in [0.15, 0.2) is 36.9 Å². The Hall–Kier alpha value is -2.21. The van der Waals surface area contributed by atoms with Crippen LogP contribution in [-0.4, -0.2) is 45.2 Å². The molecule has 2 aromatic rings. The fraction of sp³-hybridized carbons (Fsp3) is 0.438. The van der Waals surface area contributed by atoms with Gasteiger partial charge in [0.05, 0.1) is 24.0 Å². The number of rotatable bonds is 3. The predicted octanol–water partition coefficient (Wildman–Crippen LogP) is 0.910. The standard InChI is InChI=1S/C16H19N5O/c1-19-7-12(5-18-19)8-20-9-13-10-21(16(22)15(13)11-20)14-3-2-4-17-6-14/h2-7,13,15H,8-11H2,1H3/t13-,15-/m1/s1. The SMILES string of the molecule is Cn1cc(CN2C[C@@H]3CN(c4cccnc4)C(=O)[C@@H]3C2)cn1. The summed E-state index contributed by atoms with van der Waals surface area (Å²) in [6, 6.07) is 3.84. The van der Waals surface area contributed by atoms with Crippen LogP contribution in [0.3, 0.4) is 0 Å². The van der Waals surface area contributed by atoms with E-state index in [0.717, 1.165) is 31.9 Å². The lowest BCUT2D eigenvalue weighted by molar-refractivity contribution is -0.120. The van der Waals surface area contributed by atoms with Crippen LogP contribution in [0.2, 0.25) is 0 Å². The van der Waals surface area contributed by atoms with Crippen LogP contribution in [0, 0.1) is 11.8 Å². The van der Waals surface area contributed by atoms with Gasteiger partial charge >= 0.3 is 0 Å². The van der Waals surface area contributed by atoms with Crippen LogP contribution < -0.4 is 4.90 Å². The third-order valence-corrected chi connectivity index (χ3v) is 4.64. The monoisotopic (exact) mass is 297 g/mol. The third kappa shape index (κ3) is 2.29. The topological polar surface area (TPSA) is 54.3 Å². The second-order valence-corrected chi connectivity index (χ2v) is 6.24. The van der Waals surface area contributed by atoms with Crippen molar-refractivity contribution in [3.63, 3.8) is 0 Å². The Balaban J connectivity index is 1.44. The van der Waals surface area contributed by atoms with Gasteiger partial charge in [0.15, 0.2) is 0 Å². The summed E-state index contributed by atoms with van der Waals surface area (Å²) >= 11 is 0. The Kier molecular flexibility index (Phi) is 3.18. The molecule has 6 heteroatoms. The van der Waals surface area contributed by atoms with Gasteiger partial charge in [-0.15, -0.1) is 0 Å². The van der Waals surface area contributed by atoms with E-state index >= 15 is 0 Å². The Morgan fingerprint density at radius 2 is 2.18 bits per heavy atom. The molecule has 4 rings (SSSR count). The van der Waals surface area contributed by atoms with E-state index in [1.54, 1.807) is 12.4 Å². The fourth-order valence-corrected chi connectivity index (χ4v) is 3.64. The zero-order valence-corrected chi connectivity index (χ0v) is 12.6. The van der Waals surface area contributed by atoms with E-state index < -0.39 is 0 Å². The second-order valence-electron chi connectivity index (χ2n) is 6.24. The smallest absolute Gasteiger partial charge is 0.231 e. The Morgan fingerprint density at radius 1 is 1.27 bits per heavy atom. The molecule has 2 aromatic heterocycles. The van der Waals surface area contributed by atoms with Gasteiger partial charge in [0.1, 0.15) is 0 Å². The molecule has 0 aromatic carbocycles. The number of aromatic nitrogens is 3. The van der Waals surface area contributed by atoms with Gasteiger partial charge in [-0.2, -0.15) is 5.10 Å². The number of pyridine rings is 1. The van der Waals surface area contributed by atoms with Crippen molar-refractivity contribution in [3.05, 3.63) is 42.5 Å². The second kappa shape index (κ2) is 5.21. The van der Waals surface area contributed by atoms with Crippen LogP contribution in [0.5, 0.6) is 0 Å². The number of hydrogen-bond acceptors (Lipinski definition) is 4. The first-order chi connectivity index (χ1) is 10.7. The summed E-state index contributed by atoms with van der Waals surface area (Å²) in [7, 11) is 1.93. The molecule has 2 saturated heterocycles. The van der Waals surface area contributed by atoms with Gasteiger partial charge in [0, 0.05) is 57.1 Å². The molecule has 0 unspecified atom stereocenters. The van der Waals surface area contributed by atoms with E-state index in [1.165, 1.54) is 5.56 Å². The summed E-state index contributed by atoms with van der Waals surface area (Å²) in [5, 5.41) is 4.21. The molecule has 0 spiro atoms. The summed E-state index contributed by atoms with van der Waals surface area (Å²) in [6.45, 7) is 3.50. The maximum atomic E-state index is 12.6. The Morgan fingerprint density at radius 3 is 2.86 bits per heavy atom. The highest BCUT2D eigenvalue weighted by atomic mass is 16.2. The summed E-state index contributed by atoms with van der Waals surface area (Å²) in [5.74, 6) is 0.785. The molecule has 2 aliphatic rings. The fourth-order valence-electron chi connectivity index (χ4n) is 3.64. The van der Waals surface area contributed by atoms with Crippen LogP contribution in [0.4, 0.5) is 5.69 Å². The highest BCUT2D eigenvalue weighted by Crippen LogP contribution is 2.35. The highest BCUT2D eigenvalue weighted by Gasteiger charge is 2.46. The molecular weight excluding hydrogens is 278 g/mol. The van der Waals surface area contributed by atoms with E-state index in [-0.39, 0.29) is 11.8 Å². The van der Waals surface area contributed by atoms with Crippen molar-refractivity contribution >= 4 is 11.6 Å². The van der Waals surface area contributed by atoms with Gasteiger partial charge in [-0.3, -0.25) is 19.4 Å². The normalized spacial score (nSPS) is 25.0. The first-order valence-electron chi connectivity index (χ1n) is 7.62. The Labute approximate surface area is 129 Å². The maximum Gasteiger partial charge on any atom is 0.231 e. The largest absolute Gasteiger partial charge is 0.310 e. The number of aryl methyl sites for hydroxylation is 1. The number of nitrogens with zero attached hydrogens (tertiary/aromatic N) is 5. The van der Waals surface area contributed by atoms with Crippen molar-refractivity contribution in [1.29, 1.82) is 0 Å². The van der Waals surface area contributed by atoms with E-state index in [9.17, 15) is 4.79 Å². The quantitative estimate of drug-likeness (QED) is 0.845. The molecule has 0 N–H and O–H groups in total. The average Bonchev–Trinajstić information content (AvgIpc) is 3.18. The van der Waals surface area contributed by atoms with Crippen molar-refractivity contribution in [1.82, 2.24) is 19.7 Å². The van der Waals surface area contributed by atoms with E-state index in [4.69, 9.17) is 0 Å². The van der Waals surface area contributed by atoms with Crippen molar-refractivity contribution in [2.45, 2.75) is 6.54 Å². The molecule has 114 valence electrons. The van der Waals surface area contributed by atoms with Crippen molar-refractivity contribution < 1.29 is 4.79 Å². The number of hydrogen-bond donors (Lipinski definition) is 0. The molecule has 2 aliphatic heterocycles. The zero-order valence-electron chi connectivity index (χ0n) is 12.6. The first kappa shape index (κ1) is 13.5. The number of carbonyl (C=O) groups is 1. The van der Waals surface area contributed by atoms with Crippen LogP contribution in [0.25, 0.3) is 0 Å². The number of fused-ring (bicyclic) bond motifs is 1. The Bertz CT molecular complexity index is 683. The van der Waals surface area contributed by atoms with Gasteiger partial charge in [-0.25, -0.2) is 0 Å². The van der Waals surface area contributed by atoms with Gasteiger partial charge in [0.2, 0.25) is 5.91 Å². The maximum absolute atomic E-state index is 12.6. The lowest BCUT2D eigenvalue weighted by atomic mass is 10.0. The summed E-state index contributed by atoms with van der Waals surface area (Å²) in [5.41, 5.74) is 2.12. The zero-order chi connectivity index (χ0) is 15.1. The van der Waals surface area contributed by atoms with Gasteiger partial charge in [0.25, 0.3) is 0 Å². The molecule has 22 heavy (non-hydrogen) atoms. The first-order valence-corrected chi connectivity index (χ1v) is 7.62. The van der Waals surface area contributed by atoms with Crippen molar-refractivity contribution in [2.75, 3.05) is 24.5 Å². The molecule has 0 aliphatic carbocycles.